The minimum Gasteiger partial charge on any atom is -0.379 e. The summed E-state index contributed by atoms with van der Waals surface area (Å²) in [5.41, 5.74) is 3.22. The summed E-state index contributed by atoms with van der Waals surface area (Å²) in [5.74, 6) is 0. The van der Waals surface area contributed by atoms with Crippen LogP contribution in [0.4, 0.5) is 0 Å². The van der Waals surface area contributed by atoms with Crippen molar-refractivity contribution in [2.24, 2.45) is 0 Å². The second-order valence-corrected chi connectivity index (χ2v) is 6.89. The molecule has 2 aromatic rings. The van der Waals surface area contributed by atoms with Crippen LogP contribution in [0.5, 0.6) is 0 Å². The normalized spacial score (nSPS) is 24.8. The fourth-order valence-corrected chi connectivity index (χ4v) is 4.25. The number of aromatic nitrogens is 2. The topological polar surface area (TPSA) is 41.1 Å². The maximum absolute atomic E-state index is 6.67. The van der Waals surface area contributed by atoms with Crippen molar-refractivity contribution in [3.63, 3.8) is 0 Å². The van der Waals surface area contributed by atoms with E-state index in [1.54, 1.807) is 6.20 Å². The molecule has 3 heterocycles. The lowest BCUT2D eigenvalue weighted by Gasteiger charge is -2.41. The lowest BCUT2D eigenvalue weighted by atomic mass is 9.90. The van der Waals surface area contributed by atoms with Crippen LogP contribution in [0.25, 0.3) is 16.6 Å². The zero-order valence-corrected chi connectivity index (χ0v) is 14.6. The van der Waals surface area contributed by atoms with E-state index in [4.69, 9.17) is 16.3 Å². The van der Waals surface area contributed by atoms with Gasteiger partial charge in [0.1, 0.15) is 10.8 Å². The highest BCUT2D eigenvalue weighted by Crippen LogP contribution is 2.34. The lowest BCUT2D eigenvalue weighted by Crippen LogP contribution is -2.45. The van der Waals surface area contributed by atoms with Crippen LogP contribution in [-0.2, 0) is 4.74 Å². The molecule has 0 bridgehead atoms. The summed E-state index contributed by atoms with van der Waals surface area (Å²) in [5, 5.41) is 1.94. The minimum absolute atomic E-state index is 0.271. The van der Waals surface area contributed by atoms with E-state index < -0.39 is 0 Å². The third kappa shape index (κ3) is 2.74. The van der Waals surface area contributed by atoms with Gasteiger partial charge in [-0.15, -0.1) is 0 Å². The largest absolute Gasteiger partial charge is 0.379 e. The Morgan fingerprint density at radius 2 is 2.21 bits per heavy atom. The number of allylic oxidation sites excluding steroid dienone is 2. The number of methoxy groups -OCH3 is 1. The first-order chi connectivity index (χ1) is 11.8. The van der Waals surface area contributed by atoms with Crippen LogP contribution in [0, 0.1) is 0 Å². The molecule has 1 aliphatic heterocycles. The van der Waals surface area contributed by atoms with Gasteiger partial charge >= 0.3 is 0 Å². The molecule has 0 saturated heterocycles. The standard InChI is InChI=1S/C19H22ClN3O/c1-24-17-7-3-2-6-16(17)23-10-8-13(11-18(23)20)15-12-22-19-14(15)5-4-9-21-19/h4-5,8-9,11-12,16-17H,2-3,6-7,10H2,1H3,(H,21,22). The number of pyridine rings is 1. The van der Waals surface area contributed by atoms with E-state index in [9.17, 15) is 0 Å². The molecule has 1 fully saturated rings. The summed E-state index contributed by atoms with van der Waals surface area (Å²) in [6, 6.07) is 4.42. The fraction of sp³-hybridized carbons (Fsp3) is 0.421. The van der Waals surface area contributed by atoms with Crippen molar-refractivity contribution in [2.45, 2.75) is 37.8 Å². The highest BCUT2D eigenvalue weighted by atomic mass is 35.5. The van der Waals surface area contributed by atoms with Crippen LogP contribution in [0.2, 0.25) is 0 Å². The molecule has 2 aliphatic rings. The first-order valence-electron chi connectivity index (χ1n) is 8.57. The number of fused-ring (bicyclic) bond motifs is 1. The number of nitrogens with zero attached hydrogens (tertiary/aromatic N) is 2. The Hall–Kier alpha value is -1.78. The fourth-order valence-electron chi connectivity index (χ4n) is 3.94. The second kappa shape index (κ2) is 6.61. The summed E-state index contributed by atoms with van der Waals surface area (Å²) in [6.45, 7) is 0.822. The van der Waals surface area contributed by atoms with Crippen molar-refractivity contribution in [2.75, 3.05) is 13.7 Å². The van der Waals surface area contributed by atoms with Gasteiger partial charge in [0, 0.05) is 37.0 Å². The lowest BCUT2D eigenvalue weighted by molar-refractivity contribution is 0.00659. The Morgan fingerprint density at radius 3 is 3.04 bits per heavy atom. The van der Waals surface area contributed by atoms with Gasteiger partial charge in [-0.05, 0) is 36.6 Å². The molecule has 1 aliphatic carbocycles. The van der Waals surface area contributed by atoms with E-state index in [1.807, 2.05) is 19.4 Å². The van der Waals surface area contributed by atoms with Gasteiger partial charge in [0.2, 0.25) is 0 Å². The second-order valence-electron chi connectivity index (χ2n) is 6.51. The van der Waals surface area contributed by atoms with Crippen LogP contribution in [0.1, 0.15) is 31.2 Å². The molecule has 126 valence electrons. The molecule has 24 heavy (non-hydrogen) atoms. The molecule has 4 nitrogen and oxygen atoms in total. The zero-order valence-electron chi connectivity index (χ0n) is 13.8. The Labute approximate surface area is 147 Å². The zero-order chi connectivity index (χ0) is 16.5. The van der Waals surface area contributed by atoms with Gasteiger partial charge in [-0.2, -0.15) is 0 Å². The number of aromatic amines is 1. The molecule has 5 heteroatoms. The summed E-state index contributed by atoms with van der Waals surface area (Å²) < 4.78 is 5.70. The van der Waals surface area contributed by atoms with Crippen molar-refractivity contribution < 1.29 is 4.74 Å². The van der Waals surface area contributed by atoms with Gasteiger partial charge in [0.05, 0.1) is 12.1 Å². The molecule has 2 aromatic heterocycles. The van der Waals surface area contributed by atoms with Gasteiger partial charge in [-0.25, -0.2) is 4.98 Å². The minimum atomic E-state index is 0.271. The number of ether oxygens (including phenoxy) is 1. The molecule has 1 saturated carbocycles. The average molecular weight is 344 g/mol. The molecule has 0 radical (unpaired) electrons. The van der Waals surface area contributed by atoms with Crippen LogP contribution in [0.3, 0.4) is 0 Å². The summed E-state index contributed by atoms with van der Waals surface area (Å²) in [4.78, 5) is 9.88. The van der Waals surface area contributed by atoms with Crippen molar-refractivity contribution in [3.8, 4) is 0 Å². The van der Waals surface area contributed by atoms with Crippen molar-refractivity contribution >= 4 is 28.2 Å². The third-order valence-electron chi connectivity index (χ3n) is 5.19. The summed E-state index contributed by atoms with van der Waals surface area (Å²) in [6.07, 6.45) is 13.2. The number of halogens is 1. The monoisotopic (exact) mass is 343 g/mol. The SMILES string of the molecule is COC1CCCCC1N1CC=C(c2c[nH]c3ncccc23)C=C1Cl. The molecule has 0 spiro atoms. The van der Waals surface area contributed by atoms with Crippen LogP contribution < -0.4 is 0 Å². The third-order valence-corrected chi connectivity index (χ3v) is 5.52. The van der Waals surface area contributed by atoms with E-state index >= 15 is 0 Å². The first kappa shape index (κ1) is 15.7. The average Bonchev–Trinajstić information content (AvgIpc) is 3.06. The van der Waals surface area contributed by atoms with Gasteiger partial charge in [-0.1, -0.05) is 30.5 Å². The maximum Gasteiger partial charge on any atom is 0.137 e. The quantitative estimate of drug-likeness (QED) is 0.845. The Morgan fingerprint density at radius 1 is 1.33 bits per heavy atom. The number of rotatable bonds is 3. The summed E-state index contributed by atoms with van der Waals surface area (Å²) >= 11 is 6.67. The van der Waals surface area contributed by atoms with Gasteiger partial charge < -0.3 is 14.6 Å². The molecule has 2 unspecified atom stereocenters. The number of hydrogen-bond acceptors (Lipinski definition) is 3. The van der Waals surface area contributed by atoms with Crippen molar-refractivity contribution in [3.05, 3.63) is 47.4 Å². The van der Waals surface area contributed by atoms with Gasteiger partial charge in [0.25, 0.3) is 0 Å². The smallest absolute Gasteiger partial charge is 0.137 e. The predicted octanol–water partition coefficient (Wildman–Crippen LogP) is 4.30. The highest BCUT2D eigenvalue weighted by Gasteiger charge is 2.31. The van der Waals surface area contributed by atoms with Crippen LogP contribution in [-0.4, -0.2) is 40.7 Å². The van der Waals surface area contributed by atoms with Gasteiger partial charge in [-0.3, -0.25) is 0 Å². The Bertz CT molecular complexity index is 795. The van der Waals surface area contributed by atoms with Crippen molar-refractivity contribution in [1.29, 1.82) is 0 Å². The summed E-state index contributed by atoms with van der Waals surface area (Å²) in [7, 11) is 1.81. The molecular weight excluding hydrogens is 322 g/mol. The maximum atomic E-state index is 6.67. The number of hydrogen-bond donors (Lipinski definition) is 1. The van der Waals surface area contributed by atoms with E-state index in [2.05, 4.69) is 33.1 Å². The Kier molecular flexibility index (Phi) is 4.33. The van der Waals surface area contributed by atoms with Gasteiger partial charge in [0.15, 0.2) is 0 Å². The van der Waals surface area contributed by atoms with E-state index in [0.29, 0.717) is 6.04 Å². The molecule has 0 aromatic carbocycles. The highest BCUT2D eigenvalue weighted by molar-refractivity contribution is 6.30. The molecule has 2 atom stereocenters. The number of nitrogens with one attached hydrogen (secondary N) is 1. The predicted molar refractivity (Wildman–Crippen MR) is 97.8 cm³/mol. The first-order valence-corrected chi connectivity index (χ1v) is 8.95. The van der Waals surface area contributed by atoms with Crippen LogP contribution >= 0.6 is 11.6 Å². The van der Waals surface area contributed by atoms with E-state index in [0.717, 1.165) is 46.7 Å². The molecular formula is C19H22ClN3O. The molecule has 0 amide bonds. The molecule has 4 rings (SSSR count). The Balaban J connectivity index is 1.60. The molecule has 1 N–H and O–H groups in total. The van der Waals surface area contributed by atoms with E-state index in [1.165, 1.54) is 12.8 Å². The van der Waals surface area contributed by atoms with Crippen molar-refractivity contribution in [1.82, 2.24) is 14.9 Å². The number of H-pyrrole nitrogens is 1. The van der Waals surface area contributed by atoms with E-state index in [-0.39, 0.29) is 6.10 Å². The van der Waals surface area contributed by atoms with Crippen LogP contribution in [0.15, 0.2) is 41.8 Å².